The quantitative estimate of drug-likeness (QED) is 0.854. The topological polar surface area (TPSA) is 58.2 Å². The van der Waals surface area contributed by atoms with Gasteiger partial charge < -0.3 is 5.32 Å². The average Bonchev–Trinajstić information content (AvgIpc) is 2.49. The molecule has 2 N–H and O–H groups in total. The third-order valence-electron chi connectivity index (χ3n) is 3.00. The van der Waals surface area contributed by atoms with Gasteiger partial charge in [-0.25, -0.2) is 13.1 Å². The fourth-order valence-corrected chi connectivity index (χ4v) is 2.58. The maximum atomic E-state index is 11.6. The minimum atomic E-state index is -3.35. The average molecular weight is 290 g/mol. The number of sulfonamides is 1. The van der Waals surface area contributed by atoms with Gasteiger partial charge in [-0.3, -0.25) is 0 Å². The molecule has 5 heteroatoms. The minimum absolute atomic E-state index is 0.284. The lowest BCUT2D eigenvalue weighted by molar-refractivity contribution is 0.588. The number of nitrogens with one attached hydrogen (secondary N) is 2. The van der Waals surface area contributed by atoms with Crippen molar-refractivity contribution < 1.29 is 8.42 Å². The zero-order valence-corrected chi connectivity index (χ0v) is 12.2. The van der Waals surface area contributed by atoms with Crippen LogP contribution in [0.15, 0.2) is 59.5 Å². The summed E-state index contributed by atoms with van der Waals surface area (Å²) in [6.07, 6.45) is 0. The van der Waals surface area contributed by atoms with E-state index in [-0.39, 0.29) is 4.90 Å². The molecule has 0 heterocycles. The van der Waals surface area contributed by atoms with E-state index in [0.717, 1.165) is 12.1 Å². The molecule has 0 saturated carbocycles. The summed E-state index contributed by atoms with van der Waals surface area (Å²) in [7, 11) is -1.94. The molecule has 2 aromatic carbocycles. The smallest absolute Gasteiger partial charge is 0.240 e. The van der Waals surface area contributed by atoms with E-state index in [1.165, 1.54) is 12.6 Å². The molecule has 0 radical (unpaired) electrons. The molecule has 0 spiro atoms. The zero-order chi connectivity index (χ0) is 14.4. The van der Waals surface area contributed by atoms with Gasteiger partial charge in [-0.2, -0.15) is 0 Å². The molecule has 0 fully saturated rings. The largest absolute Gasteiger partial charge is 0.309 e. The van der Waals surface area contributed by atoms with Crippen molar-refractivity contribution in [2.24, 2.45) is 0 Å². The number of hydrogen-bond donors (Lipinski definition) is 2. The lowest BCUT2D eigenvalue weighted by Gasteiger charge is -2.07. The Morgan fingerprint density at radius 3 is 1.95 bits per heavy atom. The van der Waals surface area contributed by atoms with Gasteiger partial charge in [0.25, 0.3) is 0 Å². The zero-order valence-electron chi connectivity index (χ0n) is 11.3. The SMILES string of the molecule is CNS(=O)(=O)c1ccc(CNCc2ccccc2)cc1. The van der Waals surface area contributed by atoms with E-state index in [0.29, 0.717) is 6.54 Å². The van der Waals surface area contributed by atoms with Crippen molar-refractivity contribution in [2.75, 3.05) is 7.05 Å². The number of hydrogen-bond acceptors (Lipinski definition) is 3. The molecule has 0 saturated heterocycles. The molecule has 4 nitrogen and oxygen atoms in total. The molecule has 20 heavy (non-hydrogen) atoms. The van der Waals surface area contributed by atoms with Gasteiger partial charge >= 0.3 is 0 Å². The predicted molar refractivity (Wildman–Crippen MR) is 79.7 cm³/mol. The van der Waals surface area contributed by atoms with Crippen LogP contribution in [0.2, 0.25) is 0 Å². The third-order valence-corrected chi connectivity index (χ3v) is 4.43. The van der Waals surface area contributed by atoms with Gasteiger partial charge in [-0.15, -0.1) is 0 Å². The Balaban J connectivity index is 1.92. The van der Waals surface area contributed by atoms with E-state index in [9.17, 15) is 8.42 Å². The summed E-state index contributed by atoms with van der Waals surface area (Å²) in [5.74, 6) is 0. The van der Waals surface area contributed by atoms with E-state index >= 15 is 0 Å². The van der Waals surface area contributed by atoms with Crippen LogP contribution < -0.4 is 10.0 Å². The minimum Gasteiger partial charge on any atom is -0.309 e. The fraction of sp³-hybridized carbons (Fsp3) is 0.200. The first kappa shape index (κ1) is 14.7. The van der Waals surface area contributed by atoms with Crippen LogP contribution in [0.5, 0.6) is 0 Å². The highest BCUT2D eigenvalue weighted by Crippen LogP contribution is 2.10. The number of benzene rings is 2. The van der Waals surface area contributed by atoms with Gasteiger partial charge in [-0.1, -0.05) is 42.5 Å². The van der Waals surface area contributed by atoms with Crippen LogP contribution in [0.3, 0.4) is 0 Å². The highest BCUT2D eigenvalue weighted by molar-refractivity contribution is 7.89. The van der Waals surface area contributed by atoms with Crippen molar-refractivity contribution in [1.82, 2.24) is 10.0 Å². The first-order valence-corrected chi connectivity index (χ1v) is 7.87. The Hall–Kier alpha value is -1.69. The standard InChI is InChI=1S/C15H18N2O2S/c1-16-20(18,19)15-9-7-14(8-10-15)12-17-11-13-5-3-2-4-6-13/h2-10,16-17H,11-12H2,1H3. The van der Waals surface area contributed by atoms with E-state index in [4.69, 9.17) is 0 Å². The Morgan fingerprint density at radius 2 is 1.40 bits per heavy atom. The number of rotatable bonds is 6. The molecule has 0 aliphatic carbocycles. The highest BCUT2D eigenvalue weighted by Gasteiger charge is 2.09. The Bertz CT molecular complexity index is 637. The van der Waals surface area contributed by atoms with Crippen LogP contribution in [-0.2, 0) is 23.1 Å². The molecule has 0 aliphatic rings. The Kier molecular flexibility index (Phi) is 4.89. The predicted octanol–water partition coefficient (Wildman–Crippen LogP) is 1.88. The monoisotopic (exact) mass is 290 g/mol. The molecule has 0 aromatic heterocycles. The van der Waals surface area contributed by atoms with Gasteiger partial charge in [0.1, 0.15) is 0 Å². The Morgan fingerprint density at radius 1 is 0.850 bits per heavy atom. The molecule has 2 rings (SSSR count). The van der Waals surface area contributed by atoms with Crippen molar-refractivity contribution in [2.45, 2.75) is 18.0 Å². The second-order valence-corrected chi connectivity index (χ2v) is 6.33. The summed E-state index contributed by atoms with van der Waals surface area (Å²) in [6.45, 7) is 1.49. The Labute approximate surface area is 119 Å². The van der Waals surface area contributed by atoms with Crippen molar-refractivity contribution in [3.05, 3.63) is 65.7 Å². The molecule has 2 aromatic rings. The fourth-order valence-electron chi connectivity index (χ4n) is 1.85. The summed E-state index contributed by atoms with van der Waals surface area (Å²) < 4.78 is 25.5. The molecule has 0 unspecified atom stereocenters. The molecule has 0 aliphatic heterocycles. The second kappa shape index (κ2) is 6.65. The van der Waals surface area contributed by atoms with Crippen LogP contribution in [0.1, 0.15) is 11.1 Å². The van der Waals surface area contributed by atoms with Gasteiger partial charge in [-0.05, 0) is 30.3 Å². The van der Waals surface area contributed by atoms with Crippen LogP contribution in [0.25, 0.3) is 0 Å². The van der Waals surface area contributed by atoms with Crippen molar-refractivity contribution in [3.8, 4) is 0 Å². The first-order valence-electron chi connectivity index (χ1n) is 6.39. The second-order valence-electron chi connectivity index (χ2n) is 4.44. The normalized spacial score (nSPS) is 11.4. The van der Waals surface area contributed by atoms with Crippen molar-refractivity contribution >= 4 is 10.0 Å². The van der Waals surface area contributed by atoms with E-state index in [2.05, 4.69) is 22.2 Å². The van der Waals surface area contributed by atoms with Crippen LogP contribution in [-0.4, -0.2) is 15.5 Å². The van der Waals surface area contributed by atoms with Crippen LogP contribution in [0, 0.1) is 0 Å². The third kappa shape index (κ3) is 3.90. The summed E-state index contributed by atoms with van der Waals surface area (Å²) in [5.41, 5.74) is 2.28. The lowest BCUT2D eigenvalue weighted by atomic mass is 10.2. The maximum absolute atomic E-state index is 11.6. The first-order chi connectivity index (χ1) is 9.62. The molecule has 106 valence electrons. The van der Waals surface area contributed by atoms with Gasteiger partial charge in [0.2, 0.25) is 10.0 Å². The van der Waals surface area contributed by atoms with Crippen molar-refractivity contribution in [3.63, 3.8) is 0 Å². The summed E-state index contributed by atoms with van der Waals surface area (Å²) in [6, 6.07) is 17.0. The van der Waals surface area contributed by atoms with E-state index < -0.39 is 10.0 Å². The maximum Gasteiger partial charge on any atom is 0.240 e. The van der Waals surface area contributed by atoms with Gasteiger partial charge in [0.15, 0.2) is 0 Å². The molecular weight excluding hydrogens is 272 g/mol. The molecule has 0 bridgehead atoms. The summed E-state index contributed by atoms with van der Waals surface area (Å²) >= 11 is 0. The van der Waals surface area contributed by atoms with Gasteiger partial charge in [0.05, 0.1) is 4.90 Å². The van der Waals surface area contributed by atoms with E-state index in [1.807, 2.05) is 30.3 Å². The van der Waals surface area contributed by atoms with Crippen molar-refractivity contribution in [1.29, 1.82) is 0 Å². The summed E-state index contributed by atoms with van der Waals surface area (Å²) in [5, 5.41) is 3.33. The van der Waals surface area contributed by atoms with Crippen LogP contribution in [0.4, 0.5) is 0 Å². The molecular formula is C15H18N2O2S. The summed E-state index contributed by atoms with van der Waals surface area (Å²) in [4.78, 5) is 0.284. The molecule has 0 amide bonds. The lowest BCUT2D eigenvalue weighted by Crippen LogP contribution is -2.18. The van der Waals surface area contributed by atoms with Gasteiger partial charge in [0, 0.05) is 13.1 Å². The van der Waals surface area contributed by atoms with E-state index in [1.54, 1.807) is 12.1 Å². The van der Waals surface area contributed by atoms with Crippen LogP contribution >= 0.6 is 0 Å². The highest BCUT2D eigenvalue weighted by atomic mass is 32.2. The molecule has 0 atom stereocenters.